The number of aliphatic carboxylic acids is 1. The lowest BCUT2D eigenvalue weighted by atomic mass is 10.2. The Labute approximate surface area is 113 Å². The molecule has 104 valence electrons. The topological polar surface area (TPSA) is 97.1 Å². The van der Waals surface area contributed by atoms with E-state index in [0.717, 1.165) is 4.68 Å². The van der Waals surface area contributed by atoms with E-state index in [1.807, 2.05) is 0 Å². The average molecular weight is 278 g/mol. The zero-order valence-corrected chi connectivity index (χ0v) is 10.3. The number of halogens is 1. The standard InChI is InChI=1S/C12H11FN4O3/c13-9-3-1-8(2-4-9)12(20)14-5-10-6-17(16-15-10)7-11(18)19/h1-4,6H,5,7H2,(H,14,20)(H,18,19). The minimum Gasteiger partial charge on any atom is -0.480 e. The first-order valence-electron chi connectivity index (χ1n) is 5.69. The second-order valence-electron chi connectivity index (χ2n) is 3.99. The van der Waals surface area contributed by atoms with Gasteiger partial charge in [-0.2, -0.15) is 0 Å². The van der Waals surface area contributed by atoms with E-state index in [-0.39, 0.29) is 19.0 Å². The molecule has 0 fully saturated rings. The van der Waals surface area contributed by atoms with Gasteiger partial charge in [0.25, 0.3) is 5.91 Å². The molecule has 7 nitrogen and oxygen atoms in total. The summed E-state index contributed by atoms with van der Waals surface area (Å²) in [6.45, 7) is -0.186. The van der Waals surface area contributed by atoms with Crippen LogP contribution < -0.4 is 5.32 Å². The zero-order chi connectivity index (χ0) is 14.5. The number of benzene rings is 1. The number of nitrogens with zero attached hydrogens (tertiary/aromatic N) is 3. The molecule has 0 atom stereocenters. The van der Waals surface area contributed by atoms with E-state index >= 15 is 0 Å². The van der Waals surface area contributed by atoms with Crippen LogP contribution in [-0.4, -0.2) is 32.0 Å². The fraction of sp³-hybridized carbons (Fsp3) is 0.167. The monoisotopic (exact) mass is 278 g/mol. The Morgan fingerprint density at radius 2 is 2.00 bits per heavy atom. The summed E-state index contributed by atoms with van der Waals surface area (Å²) in [5.74, 6) is -1.83. The maximum absolute atomic E-state index is 12.7. The first-order chi connectivity index (χ1) is 9.54. The summed E-state index contributed by atoms with van der Waals surface area (Å²) in [6, 6.07) is 5.12. The maximum Gasteiger partial charge on any atom is 0.325 e. The summed E-state index contributed by atoms with van der Waals surface area (Å²) in [5, 5.41) is 18.5. The van der Waals surface area contributed by atoms with Crippen molar-refractivity contribution in [1.82, 2.24) is 20.3 Å². The van der Waals surface area contributed by atoms with Crippen LogP contribution in [0.4, 0.5) is 4.39 Å². The molecule has 2 N–H and O–H groups in total. The van der Waals surface area contributed by atoms with Crippen molar-refractivity contribution in [3.63, 3.8) is 0 Å². The Hall–Kier alpha value is -2.77. The Balaban J connectivity index is 1.91. The molecule has 0 radical (unpaired) electrons. The number of carboxylic acids is 1. The molecule has 0 aliphatic heterocycles. The second kappa shape index (κ2) is 5.91. The van der Waals surface area contributed by atoms with Crippen molar-refractivity contribution in [1.29, 1.82) is 0 Å². The van der Waals surface area contributed by atoms with Crippen LogP contribution >= 0.6 is 0 Å². The van der Waals surface area contributed by atoms with Crippen LogP contribution in [0.5, 0.6) is 0 Å². The van der Waals surface area contributed by atoms with Gasteiger partial charge in [0.15, 0.2) is 0 Å². The van der Waals surface area contributed by atoms with E-state index in [2.05, 4.69) is 15.6 Å². The minimum atomic E-state index is -1.03. The molecule has 0 aliphatic rings. The number of carbonyl (C=O) groups excluding carboxylic acids is 1. The average Bonchev–Trinajstić information content (AvgIpc) is 2.83. The Kier molecular flexibility index (Phi) is 4.04. The van der Waals surface area contributed by atoms with Crippen molar-refractivity contribution in [2.75, 3.05) is 0 Å². The van der Waals surface area contributed by atoms with Gasteiger partial charge >= 0.3 is 5.97 Å². The highest BCUT2D eigenvalue weighted by Gasteiger charge is 2.08. The summed E-state index contributed by atoms with van der Waals surface area (Å²) >= 11 is 0. The molecule has 0 spiro atoms. The summed E-state index contributed by atoms with van der Waals surface area (Å²) in [4.78, 5) is 22.2. The van der Waals surface area contributed by atoms with Gasteiger partial charge in [0.1, 0.15) is 18.1 Å². The third-order valence-electron chi connectivity index (χ3n) is 2.42. The van der Waals surface area contributed by atoms with Crippen molar-refractivity contribution in [2.45, 2.75) is 13.1 Å². The van der Waals surface area contributed by atoms with E-state index < -0.39 is 11.8 Å². The van der Waals surface area contributed by atoms with Gasteiger partial charge in [-0.1, -0.05) is 5.21 Å². The van der Waals surface area contributed by atoms with Gasteiger partial charge in [-0.3, -0.25) is 9.59 Å². The van der Waals surface area contributed by atoms with Crippen LogP contribution in [0.1, 0.15) is 16.1 Å². The highest BCUT2D eigenvalue weighted by atomic mass is 19.1. The number of amides is 1. The van der Waals surface area contributed by atoms with E-state index in [1.165, 1.54) is 30.5 Å². The van der Waals surface area contributed by atoms with E-state index in [9.17, 15) is 14.0 Å². The highest BCUT2D eigenvalue weighted by Crippen LogP contribution is 2.03. The third kappa shape index (κ3) is 3.61. The van der Waals surface area contributed by atoms with Gasteiger partial charge < -0.3 is 10.4 Å². The fourth-order valence-corrected chi connectivity index (χ4v) is 1.51. The smallest absolute Gasteiger partial charge is 0.325 e. The molecule has 0 bridgehead atoms. The molecule has 20 heavy (non-hydrogen) atoms. The fourth-order valence-electron chi connectivity index (χ4n) is 1.51. The van der Waals surface area contributed by atoms with Crippen molar-refractivity contribution < 1.29 is 19.1 Å². The first-order valence-corrected chi connectivity index (χ1v) is 5.69. The molecule has 1 amide bonds. The van der Waals surface area contributed by atoms with Crippen molar-refractivity contribution in [3.05, 3.63) is 47.5 Å². The summed E-state index contributed by atoms with van der Waals surface area (Å²) < 4.78 is 13.9. The lowest BCUT2D eigenvalue weighted by Gasteiger charge is -2.02. The van der Waals surface area contributed by atoms with Gasteiger partial charge in [0.2, 0.25) is 0 Å². The molecule has 0 saturated carbocycles. The van der Waals surface area contributed by atoms with Crippen molar-refractivity contribution in [2.24, 2.45) is 0 Å². The number of hydrogen-bond acceptors (Lipinski definition) is 4. The normalized spacial score (nSPS) is 10.2. The predicted molar refractivity (Wildman–Crippen MR) is 65.2 cm³/mol. The molecule has 0 aliphatic carbocycles. The van der Waals surface area contributed by atoms with Gasteiger partial charge in [-0.15, -0.1) is 5.10 Å². The molecule has 1 aromatic carbocycles. The SMILES string of the molecule is O=C(O)Cn1cc(CNC(=O)c2ccc(F)cc2)nn1. The van der Waals surface area contributed by atoms with Crippen LogP contribution in [0.25, 0.3) is 0 Å². The Morgan fingerprint density at radius 1 is 1.30 bits per heavy atom. The quantitative estimate of drug-likeness (QED) is 0.826. The van der Waals surface area contributed by atoms with Gasteiger partial charge in [0.05, 0.1) is 12.7 Å². The summed E-state index contributed by atoms with van der Waals surface area (Å²) in [6.07, 6.45) is 1.43. The van der Waals surface area contributed by atoms with E-state index in [4.69, 9.17) is 5.11 Å². The molecule has 1 aromatic heterocycles. The third-order valence-corrected chi connectivity index (χ3v) is 2.42. The molecule has 2 aromatic rings. The van der Waals surface area contributed by atoms with Crippen LogP contribution in [0.2, 0.25) is 0 Å². The molecule has 0 unspecified atom stereocenters. The summed E-state index contributed by atoms with van der Waals surface area (Å²) in [5.41, 5.74) is 0.756. The van der Waals surface area contributed by atoms with Crippen molar-refractivity contribution in [3.8, 4) is 0 Å². The first kappa shape index (κ1) is 13.7. The number of aromatic nitrogens is 3. The number of nitrogens with one attached hydrogen (secondary N) is 1. The molecular weight excluding hydrogens is 267 g/mol. The van der Waals surface area contributed by atoms with Gasteiger partial charge in [-0.25, -0.2) is 9.07 Å². The lowest BCUT2D eigenvalue weighted by Crippen LogP contribution is -2.22. The molecular formula is C12H11FN4O3. The molecule has 0 saturated heterocycles. The summed E-state index contributed by atoms with van der Waals surface area (Å²) in [7, 11) is 0. The Bertz CT molecular complexity index is 624. The van der Waals surface area contributed by atoms with Crippen LogP contribution in [0.15, 0.2) is 30.5 Å². The Morgan fingerprint density at radius 3 is 2.65 bits per heavy atom. The zero-order valence-electron chi connectivity index (χ0n) is 10.3. The number of rotatable bonds is 5. The van der Waals surface area contributed by atoms with E-state index in [0.29, 0.717) is 11.3 Å². The number of carbonyl (C=O) groups is 2. The van der Waals surface area contributed by atoms with Crippen molar-refractivity contribution >= 4 is 11.9 Å². The van der Waals surface area contributed by atoms with Crippen LogP contribution in [0, 0.1) is 5.82 Å². The molecule has 2 rings (SSSR count). The van der Waals surface area contributed by atoms with E-state index in [1.54, 1.807) is 0 Å². The minimum absolute atomic E-state index is 0.107. The van der Waals surface area contributed by atoms with Crippen LogP contribution in [0.3, 0.4) is 0 Å². The van der Waals surface area contributed by atoms with Crippen LogP contribution in [-0.2, 0) is 17.9 Å². The molecule has 1 heterocycles. The highest BCUT2D eigenvalue weighted by molar-refractivity contribution is 5.94. The number of carboxylic acid groups (broad SMARTS) is 1. The lowest BCUT2D eigenvalue weighted by molar-refractivity contribution is -0.137. The molecule has 8 heteroatoms. The maximum atomic E-state index is 12.7. The van der Waals surface area contributed by atoms with Gasteiger partial charge in [0, 0.05) is 5.56 Å². The van der Waals surface area contributed by atoms with Gasteiger partial charge in [-0.05, 0) is 24.3 Å². The largest absolute Gasteiger partial charge is 0.480 e. The predicted octanol–water partition coefficient (Wildman–Crippen LogP) is 0.432. The second-order valence-corrected chi connectivity index (χ2v) is 3.99. The number of hydrogen-bond donors (Lipinski definition) is 2.